The van der Waals surface area contributed by atoms with E-state index in [4.69, 9.17) is 4.74 Å². The van der Waals surface area contributed by atoms with E-state index in [0.29, 0.717) is 0 Å². The van der Waals surface area contributed by atoms with Gasteiger partial charge in [0, 0.05) is 9.58 Å². The molecule has 0 spiro atoms. The summed E-state index contributed by atoms with van der Waals surface area (Å²) >= 11 is 1.97. The van der Waals surface area contributed by atoms with E-state index in [0.717, 1.165) is 11.7 Å². The Hall–Kier alpha value is -1.02. The minimum atomic E-state index is 0.795. The molecule has 2 heteroatoms. The molecular weight excluding hydrogens is 252 g/mol. The van der Waals surface area contributed by atoms with Crippen molar-refractivity contribution in [3.05, 3.63) is 29.1 Å². The van der Waals surface area contributed by atoms with Gasteiger partial charge in [0.2, 0.25) is 0 Å². The Morgan fingerprint density at radius 3 is 2.47 bits per heavy atom. The number of hydrogen-bond donors (Lipinski definition) is 0. The zero-order chi connectivity index (χ0) is 13.1. The predicted molar refractivity (Wildman–Crippen MR) is 83.4 cm³/mol. The van der Waals surface area contributed by atoms with Crippen LogP contribution in [0.1, 0.15) is 55.7 Å². The van der Waals surface area contributed by atoms with Gasteiger partial charge >= 0.3 is 0 Å². The second kappa shape index (κ2) is 5.96. The van der Waals surface area contributed by atoms with Crippen LogP contribution in [-0.2, 0) is 0 Å². The maximum atomic E-state index is 5.32. The van der Waals surface area contributed by atoms with E-state index in [-0.39, 0.29) is 0 Å². The molecule has 1 heterocycles. The van der Waals surface area contributed by atoms with Crippen molar-refractivity contribution in [1.82, 2.24) is 0 Å². The van der Waals surface area contributed by atoms with Gasteiger partial charge in [0.05, 0.1) is 7.11 Å². The quantitative estimate of drug-likeness (QED) is 0.678. The van der Waals surface area contributed by atoms with Crippen molar-refractivity contribution in [3.8, 4) is 5.75 Å². The first kappa shape index (κ1) is 13.0. The van der Waals surface area contributed by atoms with Crippen molar-refractivity contribution in [2.45, 2.75) is 50.9 Å². The maximum absolute atomic E-state index is 5.32. The summed E-state index contributed by atoms with van der Waals surface area (Å²) in [6.07, 6.45) is 9.86. The molecule has 1 fully saturated rings. The van der Waals surface area contributed by atoms with Crippen LogP contribution in [0.25, 0.3) is 10.1 Å². The normalized spacial score (nSPS) is 18.2. The lowest BCUT2D eigenvalue weighted by Crippen LogP contribution is -2.00. The number of fused-ring (bicyclic) bond motifs is 1. The Labute approximate surface area is 119 Å². The molecule has 2 aromatic rings. The van der Waals surface area contributed by atoms with E-state index in [1.54, 1.807) is 12.0 Å². The Balaban J connectivity index is 1.86. The van der Waals surface area contributed by atoms with E-state index in [1.807, 2.05) is 11.3 Å². The Morgan fingerprint density at radius 1 is 1.00 bits per heavy atom. The van der Waals surface area contributed by atoms with Gasteiger partial charge in [0.15, 0.2) is 0 Å². The first-order chi connectivity index (χ1) is 9.36. The molecule has 0 amide bonds. The number of thiophene rings is 1. The topological polar surface area (TPSA) is 9.23 Å². The van der Waals surface area contributed by atoms with Crippen LogP contribution < -0.4 is 4.74 Å². The zero-order valence-corrected chi connectivity index (χ0v) is 12.5. The van der Waals surface area contributed by atoms with Gasteiger partial charge in [-0.15, -0.1) is 11.3 Å². The molecule has 0 N–H and O–H groups in total. The summed E-state index contributed by atoms with van der Waals surface area (Å²) in [6.45, 7) is 0. The number of ether oxygens (including phenoxy) is 1. The summed E-state index contributed by atoms with van der Waals surface area (Å²) in [6, 6.07) is 8.84. The van der Waals surface area contributed by atoms with Crippen LogP contribution >= 0.6 is 11.3 Å². The average molecular weight is 274 g/mol. The van der Waals surface area contributed by atoms with Gasteiger partial charge in [0.1, 0.15) is 5.75 Å². The molecule has 0 unspecified atom stereocenters. The molecule has 1 aliphatic carbocycles. The fourth-order valence-electron chi connectivity index (χ4n) is 3.10. The zero-order valence-electron chi connectivity index (χ0n) is 11.7. The second-order valence-corrected chi connectivity index (χ2v) is 6.71. The molecule has 1 nitrogen and oxygen atoms in total. The number of rotatable bonds is 2. The Kier molecular flexibility index (Phi) is 4.07. The lowest BCUT2D eigenvalue weighted by molar-refractivity contribution is 0.415. The number of benzene rings is 1. The second-order valence-electron chi connectivity index (χ2n) is 5.59. The molecule has 1 aliphatic rings. The van der Waals surface area contributed by atoms with E-state index in [9.17, 15) is 0 Å². The van der Waals surface area contributed by atoms with Crippen molar-refractivity contribution in [2.75, 3.05) is 7.11 Å². The van der Waals surface area contributed by atoms with Gasteiger partial charge in [-0.2, -0.15) is 0 Å². The molecule has 19 heavy (non-hydrogen) atoms. The monoisotopic (exact) mass is 274 g/mol. The first-order valence-electron chi connectivity index (χ1n) is 7.44. The van der Waals surface area contributed by atoms with Crippen LogP contribution in [0.15, 0.2) is 24.3 Å². The highest BCUT2D eigenvalue weighted by Gasteiger charge is 2.16. The fourth-order valence-corrected chi connectivity index (χ4v) is 4.36. The molecule has 0 saturated heterocycles. The molecule has 1 aromatic carbocycles. The molecule has 102 valence electrons. The largest absolute Gasteiger partial charge is 0.497 e. The van der Waals surface area contributed by atoms with Gasteiger partial charge in [-0.25, -0.2) is 0 Å². The summed E-state index contributed by atoms with van der Waals surface area (Å²) in [5, 5.41) is 1.38. The van der Waals surface area contributed by atoms with E-state index < -0.39 is 0 Å². The third kappa shape index (κ3) is 2.94. The SMILES string of the molecule is COc1ccc2cc(C3CCCCCCC3)sc2c1. The molecule has 0 radical (unpaired) electrons. The molecular formula is C17H22OS. The molecule has 0 aliphatic heterocycles. The summed E-state index contributed by atoms with van der Waals surface area (Å²) in [5.41, 5.74) is 0. The van der Waals surface area contributed by atoms with Crippen LogP contribution in [0.2, 0.25) is 0 Å². The average Bonchev–Trinajstić information content (AvgIpc) is 2.80. The Morgan fingerprint density at radius 2 is 1.74 bits per heavy atom. The predicted octanol–water partition coefficient (Wildman–Crippen LogP) is 5.74. The standard InChI is InChI=1S/C17H22OS/c1-18-15-10-9-14-11-16(19-17(14)12-15)13-7-5-3-2-4-6-8-13/h9-13H,2-8H2,1H3. The van der Waals surface area contributed by atoms with Crippen molar-refractivity contribution in [1.29, 1.82) is 0 Å². The van der Waals surface area contributed by atoms with E-state index >= 15 is 0 Å². The van der Waals surface area contributed by atoms with Crippen molar-refractivity contribution >= 4 is 21.4 Å². The lowest BCUT2D eigenvalue weighted by atomic mass is 9.90. The molecule has 1 saturated carbocycles. The van der Waals surface area contributed by atoms with Gasteiger partial charge < -0.3 is 4.74 Å². The van der Waals surface area contributed by atoms with Crippen LogP contribution in [0.3, 0.4) is 0 Å². The van der Waals surface area contributed by atoms with E-state index in [1.165, 1.54) is 55.0 Å². The smallest absolute Gasteiger partial charge is 0.120 e. The third-order valence-corrected chi connectivity index (χ3v) is 5.51. The minimum Gasteiger partial charge on any atom is -0.497 e. The van der Waals surface area contributed by atoms with Crippen LogP contribution in [0, 0.1) is 0 Å². The first-order valence-corrected chi connectivity index (χ1v) is 8.26. The summed E-state index contributed by atoms with van der Waals surface area (Å²) in [7, 11) is 1.74. The number of methoxy groups -OCH3 is 1. The van der Waals surface area contributed by atoms with Crippen molar-refractivity contribution < 1.29 is 4.74 Å². The highest BCUT2D eigenvalue weighted by molar-refractivity contribution is 7.19. The lowest BCUT2D eigenvalue weighted by Gasteiger charge is -2.18. The van der Waals surface area contributed by atoms with Gasteiger partial charge in [-0.05, 0) is 48.4 Å². The minimum absolute atomic E-state index is 0.795. The van der Waals surface area contributed by atoms with Gasteiger partial charge in [-0.3, -0.25) is 0 Å². The summed E-state index contributed by atoms with van der Waals surface area (Å²) < 4.78 is 6.69. The van der Waals surface area contributed by atoms with Crippen molar-refractivity contribution in [3.63, 3.8) is 0 Å². The maximum Gasteiger partial charge on any atom is 0.120 e. The molecule has 0 bridgehead atoms. The summed E-state index contributed by atoms with van der Waals surface area (Å²) in [5.74, 6) is 1.77. The molecule has 3 rings (SSSR count). The molecule has 1 aromatic heterocycles. The molecule has 0 atom stereocenters. The third-order valence-electron chi connectivity index (χ3n) is 4.25. The fraction of sp³-hybridized carbons (Fsp3) is 0.529. The highest BCUT2D eigenvalue weighted by atomic mass is 32.1. The Bertz CT molecular complexity index is 535. The van der Waals surface area contributed by atoms with Gasteiger partial charge in [-0.1, -0.05) is 32.1 Å². The highest BCUT2D eigenvalue weighted by Crippen LogP contribution is 2.38. The van der Waals surface area contributed by atoms with Crippen LogP contribution in [0.4, 0.5) is 0 Å². The van der Waals surface area contributed by atoms with E-state index in [2.05, 4.69) is 24.3 Å². The van der Waals surface area contributed by atoms with Crippen molar-refractivity contribution in [2.24, 2.45) is 0 Å². The summed E-state index contributed by atoms with van der Waals surface area (Å²) in [4.78, 5) is 1.59. The van der Waals surface area contributed by atoms with Crippen LogP contribution in [0.5, 0.6) is 5.75 Å². The van der Waals surface area contributed by atoms with Crippen LogP contribution in [-0.4, -0.2) is 7.11 Å². The van der Waals surface area contributed by atoms with Gasteiger partial charge in [0.25, 0.3) is 0 Å². The number of hydrogen-bond acceptors (Lipinski definition) is 2.